The van der Waals surface area contributed by atoms with Gasteiger partial charge in [0.2, 0.25) is 0 Å². The number of halogens is 6. The molecule has 0 atom stereocenters. The first-order chi connectivity index (χ1) is 16.5. The molecule has 180 valence electrons. The highest BCUT2D eigenvalue weighted by atomic mass is 35.5. The van der Waals surface area contributed by atoms with Crippen LogP contribution in [0.25, 0.3) is 5.69 Å². The highest BCUT2D eigenvalue weighted by Crippen LogP contribution is 2.30. The zero-order chi connectivity index (χ0) is 25.3. The molecule has 5 nitrogen and oxygen atoms in total. The lowest BCUT2D eigenvalue weighted by Gasteiger charge is -2.13. The van der Waals surface area contributed by atoms with Crippen LogP contribution in [0.1, 0.15) is 21.5 Å². The van der Waals surface area contributed by atoms with E-state index in [0.29, 0.717) is 10.6 Å². The number of carbonyl (C=O) groups is 1. The van der Waals surface area contributed by atoms with E-state index in [-0.39, 0.29) is 28.5 Å². The monoisotopic (exact) mass is 523 g/mol. The second-order valence-electron chi connectivity index (χ2n) is 7.51. The number of anilines is 1. The molecule has 0 saturated carbocycles. The van der Waals surface area contributed by atoms with Gasteiger partial charge in [-0.3, -0.25) is 14.3 Å². The molecular weight excluding hydrogens is 509 g/mol. The van der Waals surface area contributed by atoms with E-state index in [1.165, 1.54) is 47.3 Å². The average molecular weight is 524 g/mol. The number of aromatic nitrogens is 2. The normalized spacial score (nSPS) is 11.5. The standard InChI is InChI=1S/C24H15Cl2F4N3O2/c25-16-6-9-21(20(26)11-16)33-23(35)19(13-32(33)12-14-2-1-3-17(27)10-14)22(34)31-18-7-4-15(5-8-18)24(28,29)30/h1-11,13H,12H2,(H,31,34). The van der Waals surface area contributed by atoms with Gasteiger partial charge in [0.25, 0.3) is 11.5 Å². The molecule has 0 aliphatic heterocycles. The van der Waals surface area contributed by atoms with E-state index in [4.69, 9.17) is 23.2 Å². The second-order valence-corrected chi connectivity index (χ2v) is 8.36. The quantitative estimate of drug-likeness (QED) is 0.307. The summed E-state index contributed by atoms with van der Waals surface area (Å²) in [7, 11) is 0. The molecule has 3 aromatic carbocycles. The molecule has 11 heteroatoms. The van der Waals surface area contributed by atoms with Gasteiger partial charge in [-0.2, -0.15) is 13.2 Å². The zero-order valence-corrected chi connectivity index (χ0v) is 19.1. The minimum absolute atomic E-state index is 0.0134. The van der Waals surface area contributed by atoms with Gasteiger partial charge in [-0.1, -0.05) is 35.3 Å². The molecule has 4 rings (SSSR count). The third-order valence-corrected chi connectivity index (χ3v) is 5.58. The number of amides is 1. The van der Waals surface area contributed by atoms with Crippen LogP contribution in [-0.2, 0) is 12.7 Å². The van der Waals surface area contributed by atoms with Crippen LogP contribution in [-0.4, -0.2) is 15.3 Å². The van der Waals surface area contributed by atoms with Crippen LogP contribution in [0.5, 0.6) is 0 Å². The minimum Gasteiger partial charge on any atom is -0.322 e. The van der Waals surface area contributed by atoms with Gasteiger partial charge in [-0.05, 0) is 60.2 Å². The maximum Gasteiger partial charge on any atom is 0.416 e. The third kappa shape index (κ3) is 5.41. The Morgan fingerprint density at radius 3 is 2.31 bits per heavy atom. The van der Waals surface area contributed by atoms with Crippen LogP contribution in [0, 0.1) is 5.82 Å². The Kier molecular flexibility index (Phi) is 6.73. The van der Waals surface area contributed by atoms with Crippen molar-refractivity contribution in [2.75, 3.05) is 5.32 Å². The largest absolute Gasteiger partial charge is 0.416 e. The second kappa shape index (κ2) is 9.59. The van der Waals surface area contributed by atoms with Gasteiger partial charge in [0.15, 0.2) is 0 Å². The fourth-order valence-electron chi connectivity index (χ4n) is 3.43. The fourth-order valence-corrected chi connectivity index (χ4v) is 3.92. The van der Waals surface area contributed by atoms with Crippen molar-refractivity contribution in [2.45, 2.75) is 12.7 Å². The molecule has 0 aliphatic carbocycles. The average Bonchev–Trinajstić information content (AvgIpc) is 3.09. The number of benzene rings is 3. The Labute approximate surface area is 206 Å². The van der Waals surface area contributed by atoms with Crippen molar-refractivity contribution in [3.63, 3.8) is 0 Å². The van der Waals surface area contributed by atoms with Crippen LogP contribution >= 0.6 is 23.2 Å². The Balaban J connectivity index is 1.74. The van der Waals surface area contributed by atoms with Gasteiger partial charge < -0.3 is 5.32 Å². The molecule has 0 fully saturated rings. The lowest BCUT2D eigenvalue weighted by atomic mass is 10.2. The molecule has 0 spiro atoms. The maximum atomic E-state index is 13.7. The van der Waals surface area contributed by atoms with E-state index in [2.05, 4.69) is 5.32 Å². The first kappa shape index (κ1) is 24.6. The highest BCUT2D eigenvalue weighted by molar-refractivity contribution is 6.35. The summed E-state index contributed by atoms with van der Waals surface area (Å²) in [4.78, 5) is 26.2. The van der Waals surface area contributed by atoms with Crippen molar-refractivity contribution in [1.82, 2.24) is 9.36 Å². The Hall–Kier alpha value is -3.56. The predicted octanol–water partition coefficient (Wildman–Crippen LogP) is 6.40. The molecule has 0 bridgehead atoms. The molecule has 4 aromatic rings. The van der Waals surface area contributed by atoms with Crippen molar-refractivity contribution in [3.05, 3.63) is 116 Å². The van der Waals surface area contributed by atoms with Crippen LogP contribution in [0.4, 0.5) is 23.2 Å². The summed E-state index contributed by atoms with van der Waals surface area (Å²) in [5.74, 6) is -1.32. The van der Waals surface area contributed by atoms with E-state index >= 15 is 0 Å². The van der Waals surface area contributed by atoms with Crippen molar-refractivity contribution in [1.29, 1.82) is 0 Å². The van der Waals surface area contributed by atoms with Crippen LogP contribution < -0.4 is 10.9 Å². The van der Waals surface area contributed by atoms with Crippen LogP contribution in [0.15, 0.2) is 77.7 Å². The molecule has 1 N–H and O–H groups in total. The number of alkyl halides is 3. The molecule has 1 aromatic heterocycles. The Morgan fingerprint density at radius 1 is 0.971 bits per heavy atom. The Bertz CT molecular complexity index is 1460. The summed E-state index contributed by atoms with van der Waals surface area (Å²) >= 11 is 12.3. The van der Waals surface area contributed by atoms with Crippen molar-refractivity contribution in [2.24, 2.45) is 0 Å². The number of nitrogens with one attached hydrogen (secondary N) is 1. The third-order valence-electron chi connectivity index (χ3n) is 5.04. The summed E-state index contributed by atoms with van der Waals surface area (Å²) in [5, 5.41) is 2.88. The lowest BCUT2D eigenvalue weighted by Crippen LogP contribution is -2.26. The topological polar surface area (TPSA) is 56.0 Å². The molecule has 0 unspecified atom stereocenters. The summed E-state index contributed by atoms with van der Waals surface area (Å²) in [6.45, 7) is 0.0134. The molecular formula is C24H15Cl2F4N3O2. The minimum atomic E-state index is -4.53. The van der Waals surface area contributed by atoms with E-state index in [1.54, 1.807) is 6.07 Å². The van der Waals surface area contributed by atoms with Gasteiger partial charge in [-0.25, -0.2) is 9.07 Å². The number of hydrogen-bond donors (Lipinski definition) is 1. The van der Waals surface area contributed by atoms with Crippen LogP contribution in [0.3, 0.4) is 0 Å². The Morgan fingerprint density at radius 2 is 1.69 bits per heavy atom. The van der Waals surface area contributed by atoms with E-state index in [0.717, 1.165) is 28.9 Å². The van der Waals surface area contributed by atoms with Crippen molar-refractivity contribution < 1.29 is 22.4 Å². The van der Waals surface area contributed by atoms with Crippen LogP contribution in [0.2, 0.25) is 10.0 Å². The summed E-state index contributed by atoms with van der Waals surface area (Å²) in [6, 6.07) is 13.9. The highest BCUT2D eigenvalue weighted by Gasteiger charge is 2.30. The fraction of sp³-hybridized carbons (Fsp3) is 0.0833. The summed E-state index contributed by atoms with van der Waals surface area (Å²) < 4.78 is 54.6. The first-order valence-corrected chi connectivity index (χ1v) is 10.8. The van der Waals surface area contributed by atoms with E-state index < -0.39 is 29.0 Å². The summed E-state index contributed by atoms with van der Waals surface area (Å²) in [5.41, 5.74) is -1.12. The van der Waals surface area contributed by atoms with Crippen molar-refractivity contribution >= 4 is 34.8 Å². The van der Waals surface area contributed by atoms with Gasteiger partial charge in [0.1, 0.15) is 11.4 Å². The van der Waals surface area contributed by atoms with Gasteiger partial charge in [0, 0.05) is 16.9 Å². The number of nitrogens with zero attached hydrogens (tertiary/aromatic N) is 2. The molecule has 1 amide bonds. The number of hydrogen-bond acceptors (Lipinski definition) is 2. The molecule has 1 heterocycles. The molecule has 0 saturated heterocycles. The first-order valence-electron chi connectivity index (χ1n) is 10.0. The zero-order valence-electron chi connectivity index (χ0n) is 17.6. The van der Waals surface area contributed by atoms with Gasteiger partial charge in [0.05, 0.1) is 22.8 Å². The van der Waals surface area contributed by atoms with E-state index in [1.807, 2.05) is 0 Å². The van der Waals surface area contributed by atoms with E-state index in [9.17, 15) is 27.2 Å². The molecule has 0 aliphatic rings. The smallest absolute Gasteiger partial charge is 0.322 e. The number of rotatable bonds is 5. The van der Waals surface area contributed by atoms with Gasteiger partial charge in [-0.15, -0.1) is 0 Å². The predicted molar refractivity (Wildman–Crippen MR) is 125 cm³/mol. The molecule has 35 heavy (non-hydrogen) atoms. The number of carbonyl (C=O) groups excluding carboxylic acids is 1. The molecule has 0 radical (unpaired) electrons. The summed E-state index contributed by atoms with van der Waals surface area (Å²) in [6.07, 6.45) is -3.26. The van der Waals surface area contributed by atoms with Gasteiger partial charge >= 0.3 is 6.18 Å². The van der Waals surface area contributed by atoms with Crippen molar-refractivity contribution in [3.8, 4) is 5.69 Å². The lowest BCUT2D eigenvalue weighted by molar-refractivity contribution is -0.137. The maximum absolute atomic E-state index is 13.7. The SMILES string of the molecule is O=C(Nc1ccc(C(F)(F)F)cc1)c1cn(Cc2cccc(F)c2)n(-c2ccc(Cl)cc2Cl)c1=O.